The average Bonchev–Trinajstić information content (AvgIpc) is 2.61. The van der Waals surface area contributed by atoms with Gasteiger partial charge in [-0.05, 0) is 30.3 Å². The maximum absolute atomic E-state index is 12.6. The molecule has 0 spiro atoms. The third-order valence-corrected chi connectivity index (χ3v) is 3.81. The molecule has 5 heteroatoms. The van der Waals surface area contributed by atoms with E-state index in [2.05, 4.69) is 0 Å². The van der Waals surface area contributed by atoms with E-state index < -0.39 is 0 Å². The molecule has 124 valence electrons. The van der Waals surface area contributed by atoms with Gasteiger partial charge in [0, 0.05) is 23.1 Å². The first-order valence-corrected chi connectivity index (χ1v) is 7.35. The Balaban J connectivity index is 0.00000208. The van der Waals surface area contributed by atoms with Crippen molar-refractivity contribution in [3.8, 4) is 11.5 Å². The third kappa shape index (κ3) is 3.57. The van der Waals surface area contributed by atoms with Crippen LogP contribution in [0.2, 0.25) is 0 Å². The lowest BCUT2D eigenvalue weighted by atomic mass is 10.1. The van der Waals surface area contributed by atoms with Crippen LogP contribution in [0.5, 0.6) is 11.5 Å². The van der Waals surface area contributed by atoms with Gasteiger partial charge in [-0.15, -0.1) is 17.0 Å². The molecule has 0 aliphatic rings. The first kappa shape index (κ1) is 17.9. The number of fused-ring (bicyclic) bond motifs is 1. The van der Waals surface area contributed by atoms with E-state index in [4.69, 9.17) is 9.47 Å². The minimum atomic E-state index is 0. The Morgan fingerprint density at radius 3 is 2.42 bits per heavy atom. The Labute approximate surface area is 151 Å². The van der Waals surface area contributed by atoms with Crippen molar-refractivity contribution in [2.45, 2.75) is 6.54 Å². The number of para-hydroxylation sites is 1. The number of ether oxygens (including phenoxy) is 2. The Morgan fingerprint density at radius 1 is 0.958 bits per heavy atom. The second kappa shape index (κ2) is 7.93. The van der Waals surface area contributed by atoms with Crippen LogP contribution in [-0.2, 0) is 6.54 Å². The number of carbonyl (C=O) groups is 1. The molecule has 0 saturated heterocycles. The highest BCUT2D eigenvalue weighted by Crippen LogP contribution is 2.27. The number of rotatable bonds is 5. The summed E-state index contributed by atoms with van der Waals surface area (Å²) in [7, 11) is 3.14. The summed E-state index contributed by atoms with van der Waals surface area (Å²) in [6.45, 7) is 0.275. The van der Waals surface area contributed by atoms with E-state index in [1.165, 1.54) is 0 Å². The first-order valence-electron chi connectivity index (χ1n) is 7.35. The molecule has 0 aliphatic heterocycles. The quantitative estimate of drug-likeness (QED) is 0.495. The number of hydrogen-bond donors (Lipinski definition) is 0. The second-order valence-electron chi connectivity index (χ2n) is 5.19. The standard InChI is InChI=1S/C19H18NO3.BrH/c1-22-18-10-9-15(12-19(18)23-2)17(21)13-20-11-5-7-14-6-3-4-8-16(14)20;/h3-12H,13H2,1-2H3;1H/q+1;. The lowest BCUT2D eigenvalue weighted by molar-refractivity contribution is -0.657. The number of carbonyl (C=O) groups excluding carboxylic acids is 1. The number of methoxy groups -OCH3 is 2. The number of nitrogens with zero attached hydrogens (tertiary/aromatic N) is 1. The van der Waals surface area contributed by atoms with E-state index in [1.807, 2.05) is 47.2 Å². The number of pyridine rings is 1. The van der Waals surface area contributed by atoms with Crippen molar-refractivity contribution < 1.29 is 18.8 Å². The van der Waals surface area contributed by atoms with E-state index in [9.17, 15) is 4.79 Å². The predicted molar refractivity (Wildman–Crippen MR) is 98.3 cm³/mol. The molecular weight excluding hydrogens is 370 g/mol. The average molecular weight is 389 g/mol. The van der Waals surface area contributed by atoms with E-state index >= 15 is 0 Å². The Morgan fingerprint density at radius 2 is 1.67 bits per heavy atom. The van der Waals surface area contributed by atoms with Crippen LogP contribution in [0.1, 0.15) is 10.4 Å². The van der Waals surface area contributed by atoms with Crippen LogP contribution in [-0.4, -0.2) is 20.0 Å². The van der Waals surface area contributed by atoms with Crippen molar-refractivity contribution in [2.24, 2.45) is 0 Å². The monoisotopic (exact) mass is 388 g/mol. The molecule has 1 heterocycles. The number of ketones is 1. The molecule has 0 fully saturated rings. The van der Waals surface area contributed by atoms with Gasteiger partial charge in [0.15, 0.2) is 17.7 Å². The molecule has 0 amide bonds. The summed E-state index contributed by atoms with van der Waals surface area (Å²) < 4.78 is 12.4. The third-order valence-electron chi connectivity index (χ3n) is 3.81. The highest BCUT2D eigenvalue weighted by atomic mass is 79.9. The number of halogens is 1. The van der Waals surface area contributed by atoms with E-state index in [-0.39, 0.29) is 29.3 Å². The molecule has 2 aromatic carbocycles. The van der Waals surface area contributed by atoms with Crippen molar-refractivity contribution in [1.82, 2.24) is 0 Å². The van der Waals surface area contributed by atoms with Gasteiger partial charge in [-0.25, -0.2) is 0 Å². The maximum atomic E-state index is 12.6. The van der Waals surface area contributed by atoms with Crippen LogP contribution < -0.4 is 14.0 Å². The molecule has 24 heavy (non-hydrogen) atoms. The fraction of sp³-hybridized carbons (Fsp3) is 0.158. The van der Waals surface area contributed by atoms with Crippen LogP contribution in [0.4, 0.5) is 0 Å². The summed E-state index contributed by atoms with van der Waals surface area (Å²) in [6, 6.07) is 17.2. The van der Waals surface area contributed by atoms with Gasteiger partial charge in [-0.1, -0.05) is 12.1 Å². The Bertz CT molecular complexity index is 859. The fourth-order valence-corrected chi connectivity index (χ4v) is 2.61. The molecule has 3 rings (SSSR count). The van der Waals surface area contributed by atoms with E-state index in [1.54, 1.807) is 32.4 Å². The molecule has 0 bridgehead atoms. The smallest absolute Gasteiger partial charge is 0.227 e. The Kier molecular flexibility index (Phi) is 5.93. The molecule has 0 atom stereocenters. The fourth-order valence-electron chi connectivity index (χ4n) is 2.61. The molecular formula is C19H19BrNO3+. The zero-order chi connectivity index (χ0) is 16.2. The Hall–Kier alpha value is -2.40. The van der Waals surface area contributed by atoms with Crippen LogP contribution in [0, 0.1) is 0 Å². The molecule has 0 aliphatic carbocycles. The normalized spacial score (nSPS) is 10.1. The van der Waals surface area contributed by atoms with Gasteiger partial charge >= 0.3 is 0 Å². The molecule has 0 radical (unpaired) electrons. The van der Waals surface area contributed by atoms with Gasteiger partial charge in [0.25, 0.3) is 0 Å². The number of benzene rings is 2. The maximum Gasteiger partial charge on any atom is 0.227 e. The van der Waals surface area contributed by atoms with Gasteiger partial charge in [-0.2, -0.15) is 4.57 Å². The topological polar surface area (TPSA) is 39.4 Å². The minimum Gasteiger partial charge on any atom is -0.493 e. The number of hydrogen-bond acceptors (Lipinski definition) is 3. The summed E-state index contributed by atoms with van der Waals surface area (Å²) in [6.07, 6.45) is 1.92. The molecule has 3 aromatic rings. The van der Waals surface area contributed by atoms with Crippen molar-refractivity contribution in [2.75, 3.05) is 14.2 Å². The highest BCUT2D eigenvalue weighted by molar-refractivity contribution is 8.93. The molecule has 0 unspecified atom stereocenters. The number of aromatic nitrogens is 1. The lowest BCUT2D eigenvalue weighted by Gasteiger charge is -2.08. The van der Waals surface area contributed by atoms with Gasteiger partial charge in [0.2, 0.25) is 17.8 Å². The van der Waals surface area contributed by atoms with Crippen molar-refractivity contribution >= 4 is 33.7 Å². The molecule has 0 saturated carbocycles. The summed E-state index contributed by atoms with van der Waals surface area (Å²) in [5, 5.41) is 1.11. The van der Waals surface area contributed by atoms with Gasteiger partial charge in [0.1, 0.15) is 0 Å². The summed E-state index contributed by atoms with van der Waals surface area (Å²) in [5.41, 5.74) is 1.63. The summed E-state index contributed by atoms with van der Waals surface area (Å²) in [5.74, 6) is 1.19. The van der Waals surface area contributed by atoms with Crippen molar-refractivity contribution in [3.63, 3.8) is 0 Å². The van der Waals surface area contributed by atoms with Gasteiger partial charge in [0.05, 0.1) is 14.2 Å². The van der Waals surface area contributed by atoms with Gasteiger partial charge in [-0.3, -0.25) is 4.79 Å². The van der Waals surface area contributed by atoms with Crippen LogP contribution in [0.3, 0.4) is 0 Å². The van der Waals surface area contributed by atoms with Crippen LogP contribution in [0.15, 0.2) is 60.8 Å². The second-order valence-corrected chi connectivity index (χ2v) is 5.19. The molecule has 0 N–H and O–H groups in total. The zero-order valence-corrected chi connectivity index (χ0v) is 15.3. The highest BCUT2D eigenvalue weighted by Gasteiger charge is 2.17. The summed E-state index contributed by atoms with van der Waals surface area (Å²) in [4.78, 5) is 12.6. The summed E-state index contributed by atoms with van der Waals surface area (Å²) >= 11 is 0. The van der Waals surface area contributed by atoms with Crippen LogP contribution in [0.25, 0.3) is 10.9 Å². The largest absolute Gasteiger partial charge is 0.493 e. The molecule has 1 aromatic heterocycles. The van der Waals surface area contributed by atoms with Crippen molar-refractivity contribution in [3.05, 3.63) is 66.4 Å². The minimum absolute atomic E-state index is 0. The van der Waals surface area contributed by atoms with Gasteiger partial charge < -0.3 is 9.47 Å². The van der Waals surface area contributed by atoms with E-state index in [0.29, 0.717) is 17.1 Å². The van der Waals surface area contributed by atoms with Crippen molar-refractivity contribution in [1.29, 1.82) is 0 Å². The van der Waals surface area contributed by atoms with E-state index in [0.717, 1.165) is 10.9 Å². The van der Waals surface area contributed by atoms with Crippen LogP contribution >= 0.6 is 17.0 Å². The molecule has 4 nitrogen and oxygen atoms in total. The zero-order valence-electron chi connectivity index (χ0n) is 13.6. The SMILES string of the molecule is Br.COc1ccc(C(=O)C[n+]2cccc3ccccc32)cc1OC. The first-order chi connectivity index (χ1) is 11.2. The number of Topliss-reactive ketones (excluding diaryl/α,β-unsaturated/α-hetero) is 1. The predicted octanol–water partition coefficient (Wildman–Crippen LogP) is 3.61. The lowest BCUT2D eigenvalue weighted by Crippen LogP contribution is -2.38.